The van der Waals surface area contributed by atoms with E-state index in [9.17, 15) is 9.70 Å². The van der Waals surface area contributed by atoms with Gasteiger partial charge in [0.1, 0.15) is 6.10 Å². The van der Waals surface area contributed by atoms with E-state index in [1.165, 1.54) is 89.9 Å². The first-order valence-corrected chi connectivity index (χ1v) is 12.3. The number of hydrogen-bond donors (Lipinski definition) is 1. The van der Waals surface area contributed by atoms with Crippen molar-refractivity contribution in [2.24, 2.45) is 5.34 Å². The number of carboxylic acid groups (broad SMARTS) is 1. The predicted molar refractivity (Wildman–Crippen MR) is 123 cm³/mol. The lowest BCUT2D eigenvalue weighted by molar-refractivity contribution is -0.137. The van der Waals surface area contributed by atoms with Gasteiger partial charge in [-0.1, -0.05) is 110 Å². The van der Waals surface area contributed by atoms with Crippen LogP contribution in [0.1, 0.15) is 143 Å². The van der Waals surface area contributed by atoms with E-state index in [4.69, 9.17) is 5.11 Å². The Balaban J connectivity index is 0. The summed E-state index contributed by atoms with van der Waals surface area (Å²) < 4.78 is 0. The second-order valence-electron chi connectivity index (χ2n) is 8.23. The molecule has 0 aliphatic rings. The van der Waals surface area contributed by atoms with E-state index in [1.807, 2.05) is 6.92 Å². The fourth-order valence-electron chi connectivity index (χ4n) is 3.28. The molecule has 0 saturated carbocycles. The van der Waals surface area contributed by atoms with Gasteiger partial charge in [-0.2, -0.15) is 0 Å². The topological polar surface area (TPSA) is 76.0 Å². The highest BCUT2D eigenvalue weighted by Gasteiger charge is 2.01. The molecule has 174 valence electrons. The van der Waals surface area contributed by atoms with Crippen molar-refractivity contribution < 1.29 is 14.7 Å². The van der Waals surface area contributed by atoms with Crippen molar-refractivity contribution >= 4 is 5.97 Å². The van der Waals surface area contributed by atoms with Crippen LogP contribution in [0.3, 0.4) is 0 Å². The summed E-state index contributed by atoms with van der Waals surface area (Å²) in [4.78, 5) is 24.4. The van der Waals surface area contributed by atoms with Crippen LogP contribution in [-0.2, 0) is 9.63 Å². The second-order valence-corrected chi connectivity index (χ2v) is 8.23. The first-order chi connectivity index (χ1) is 14.1. The first kappa shape index (κ1) is 30.1. The zero-order chi connectivity index (χ0) is 22.0. The molecule has 5 heteroatoms. The summed E-state index contributed by atoms with van der Waals surface area (Å²) in [5.41, 5.74) is 0. The lowest BCUT2D eigenvalue weighted by Gasteiger charge is -2.05. The van der Waals surface area contributed by atoms with E-state index in [0.29, 0.717) is 6.42 Å². The molecule has 29 heavy (non-hydrogen) atoms. The Kier molecular flexibility index (Phi) is 27.9. The number of aliphatic carboxylic acids is 1. The van der Waals surface area contributed by atoms with E-state index >= 15 is 0 Å². The highest BCUT2D eigenvalue weighted by Crippen LogP contribution is 2.12. The van der Waals surface area contributed by atoms with Gasteiger partial charge in [-0.3, -0.25) is 4.79 Å². The van der Waals surface area contributed by atoms with Gasteiger partial charge in [0.15, 0.2) is 5.34 Å². The fraction of sp³-hybridized carbons (Fsp3) is 0.958. The summed E-state index contributed by atoms with van der Waals surface area (Å²) in [6.45, 7) is 6.30. The number of nitrogens with zero attached hydrogens (tertiary/aromatic N) is 1. The molecule has 0 rings (SSSR count). The zero-order valence-electron chi connectivity index (χ0n) is 19.6. The largest absolute Gasteiger partial charge is 0.481 e. The summed E-state index contributed by atoms with van der Waals surface area (Å²) in [5.74, 6) is -0.655. The minimum Gasteiger partial charge on any atom is -0.481 e. The average Bonchev–Trinajstić information content (AvgIpc) is 2.69. The maximum absolute atomic E-state index is 10.3. The molecule has 0 fully saturated rings. The molecule has 0 radical (unpaired) electrons. The lowest BCUT2D eigenvalue weighted by Crippen LogP contribution is -2.02. The Morgan fingerprint density at radius 2 is 1.10 bits per heavy atom. The number of carbonyl (C=O) groups is 1. The second kappa shape index (κ2) is 26.9. The quantitative estimate of drug-likeness (QED) is 0.116. The molecule has 1 N–H and O–H groups in total. The van der Waals surface area contributed by atoms with E-state index < -0.39 is 5.97 Å². The van der Waals surface area contributed by atoms with Gasteiger partial charge in [0, 0.05) is 6.42 Å². The Morgan fingerprint density at radius 3 is 1.48 bits per heavy atom. The van der Waals surface area contributed by atoms with Crippen LogP contribution in [0.4, 0.5) is 0 Å². The highest BCUT2D eigenvalue weighted by atomic mass is 16.7. The lowest BCUT2D eigenvalue weighted by atomic mass is 10.0. The van der Waals surface area contributed by atoms with E-state index in [-0.39, 0.29) is 6.10 Å². The van der Waals surface area contributed by atoms with Crippen molar-refractivity contribution in [3.63, 3.8) is 0 Å². The molecule has 5 nitrogen and oxygen atoms in total. The Labute approximate surface area is 180 Å². The molecular weight excluding hydrogens is 366 g/mol. The Bertz CT molecular complexity index is 337. The molecule has 0 aromatic heterocycles. The van der Waals surface area contributed by atoms with Crippen LogP contribution >= 0.6 is 0 Å². The summed E-state index contributed by atoms with van der Waals surface area (Å²) >= 11 is 0. The molecular formula is C24H49NO4. The van der Waals surface area contributed by atoms with Crippen LogP contribution in [0.25, 0.3) is 0 Å². The molecule has 0 aromatic carbocycles. The standard InChI is InChI=1S/C16H32O2.C8H17NO2/c1-2-3-4-5-6-7-8-9-10-11-12-13-14-15-16(17)18;1-3-4-5-6-7-8(2)11-9-10/h2-15H2,1H3,(H,17,18);8H,3-7H2,1-2H3. The maximum atomic E-state index is 10.3. The first-order valence-electron chi connectivity index (χ1n) is 12.3. The molecule has 0 saturated heterocycles. The molecule has 1 atom stereocenters. The molecule has 0 spiro atoms. The summed E-state index contributed by atoms with van der Waals surface area (Å²) in [7, 11) is 0. The van der Waals surface area contributed by atoms with Crippen LogP contribution in [0.2, 0.25) is 0 Å². The molecule has 0 aromatic rings. The molecule has 0 amide bonds. The third-order valence-corrected chi connectivity index (χ3v) is 5.18. The van der Waals surface area contributed by atoms with Crippen molar-refractivity contribution in [3.8, 4) is 0 Å². The van der Waals surface area contributed by atoms with E-state index in [1.54, 1.807) is 0 Å². The van der Waals surface area contributed by atoms with Gasteiger partial charge < -0.3 is 9.94 Å². The monoisotopic (exact) mass is 415 g/mol. The summed E-state index contributed by atoms with van der Waals surface area (Å²) in [6.07, 6.45) is 23.1. The van der Waals surface area contributed by atoms with Crippen LogP contribution in [0, 0.1) is 4.91 Å². The molecule has 0 aliphatic carbocycles. The molecule has 0 aliphatic heterocycles. The van der Waals surface area contributed by atoms with Gasteiger partial charge >= 0.3 is 5.97 Å². The van der Waals surface area contributed by atoms with Gasteiger partial charge in [0.25, 0.3) is 0 Å². The van der Waals surface area contributed by atoms with Crippen LogP contribution in [0.15, 0.2) is 5.34 Å². The van der Waals surface area contributed by atoms with Gasteiger partial charge in [-0.25, -0.2) is 0 Å². The normalized spacial score (nSPS) is 11.4. The Morgan fingerprint density at radius 1 is 0.724 bits per heavy atom. The number of hydrogen-bond acceptors (Lipinski definition) is 4. The summed E-state index contributed by atoms with van der Waals surface area (Å²) in [5, 5.41) is 10.9. The predicted octanol–water partition coefficient (Wildman–Crippen LogP) is 8.60. The molecule has 0 bridgehead atoms. The van der Waals surface area contributed by atoms with Gasteiger partial charge in [-0.15, -0.1) is 4.91 Å². The average molecular weight is 416 g/mol. The maximum Gasteiger partial charge on any atom is 0.303 e. The van der Waals surface area contributed by atoms with Crippen LogP contribution in [-0.4, -0.2) is 17.2 Å². The minimum absolute atomic E-state index is 0.00986. The van der Waals surface area contributed by atoms with Gasteiger partial charge in [0.05, 0.1) is 0 Å². The minimum atomic E-state index is -0.655. The van der Waals surface area contributed by atoms with E-state index in [2.05, 4.69) is 24.0 Å². The van der Waals surface area contributed by atoms with Crippen molar-refractivity contribution in [2.45, 2.75) is 149 Å². The third-order valence-electron chi connectivity index (χ3n) is 5.18. The molecule has 1 unspecified atom stereocenters. The van der Waals surface area contributed by atoms with Crippen LogP contribution in [0.5, 0.6) is 0 Å². The highest BCUT2D eigenvalue weighted by molar-refractivity contribution is 5.66. The molecule has 0 heterocycles. The fourth-order valence-corrected chi connectivity index (χ4v) is 3.28. The zero-order valence-corrected chi connectivity index (χ0v) is 19.6. The van der Waals surface area contributed by atoms with Crippen molar-refractivity contribution in [3.05, 3.63) is 4.91 Å². The number of unbranched alkanes of at least 4 members (excludes halogenated alkanes) is 15. The van der Waals surface area contributed by atoms with Crippen molar-refractivity contribution in [2.75, 3.05) is 0 Å². The van der Waals surface area contributed by atoms with Crippen molar-refractivity contribution in [1.29, 1.82) is 0 Å². The van der Waals surface area contributed by atoms with Gasteiger partial charge in [0.2, 0.25) is 0 Å². The van der Waals surface area contributed by atoms with Crippen LogP contribution < -0.4 is 0 Å². The van der Waals surface area contributed by atoms with E-state index in [0.717, 1.165) is 25.7 Å². The number of carboxylic acids is 1. The SMILES string of the molecule is CCCCCCC(C)ON=O.CCCCCCCCCCCCCCCC(=O)O. The van der Waals surface area contributed by atoms with Gasteiger partial charge in [-0.05, 0) is 26.2 Å². The smallest absolute Gasteiger partial charge is 0.303 e. The Hall–Kier alpha value is -1.13. The number of rotatable bonds is 21. The summed E-state index contributed by atoms with van der Waals surface area (Å²) in [6, 6.07) is 0. The third kappa shape index (κ3) is 31.8. The van der Waals surface area contributed by atoms with Crippen molar-refractivity contribution in [1.82, 2.24) is 0 Å².